The molecule has 4 heterocycles. The van der Waals surface area contributed by atoms with E-state index in [-0.39, 0.29) is 17.5 Å². The third kappa shape index (κ3) is 5.08. The zero-order chi connectivity index (χ0) is 26.4. The zero-order valence-corrected chi connectivity index (χ0v) is 21.1. The lowest BCUT2D eigenvalue weighted by atomic mass is 9.95. The molecule has 5 rings (SSSR count). The Labute approximate surface area is 217 Å². The number of halogens is 4. The highest BCUT2D eigenvalue weighted by atomic mass is 35.5. The van der Waals surface area contributed by atoms with Gasteiger partial charge in [-0.2, -0.15) is 5.26 Å². The molecule has 0 unspecified atom stereocenters. The average molecular weight is 532 g/mol. The molecule has 0 spiro atoms. The molecule has 3 aromatic rings. The number of pyridine rings is 1. The van der Waals surface area contributed by atoms with Gasteiger partial charge in [0.2, 0.25) is 0 Å². The number of nitrogens with zero attached hydrogens (tertiary/aromatic N) is 7. The van der Waals surface area contributed by atoms with Crippen molar-refractivity contribution in [1.82, 2.24) is 24.6 Å². The molecule has 1 aromatic carbocycles. The number of nitriles is 1. The van der Waals surface area contributed by atoms with Gasteiger partial charge in [-0.05, 0) is 62.6 Å². The minimum Gasteiger partial charge on any atom is -0.402 e. The van der Waals surface area contributed by atoms with Crippen molar-refractivity contribution in [2.24, 2.45) is 0 Å². The molecule has 0 bridgehead atoms. The number of ether oxygens (including phenoxy) is 1. The topological polar surface area (TPSA) is 83.1 Å². The number of hydrogen-bond acceptors (Lipinski definition) is 7. The minimum absolute atomic E-state index is 0.0345. The van der Waals surface area contributed by atoms with Gasteiger partial charge in [0, 0.05) is 36.8 Å². The first-order valence-corrected chi connectivity index (χ1v) is 12.3. The molecular weight excluding hydrogens is 507 g/mol. The van der Waals surface area contributed by atoms with Gasteiger partial charge in [-0.15, -0.1) is 23.4 Å². The quantitative estimate of drug-likeness (QED) is 0.456. The Bertz CT molecular complexity index is 1340. The van der Waals surface area contributed by atoms with E-state index < -0.39 is 11.9 Å². The lowest BCUT2D eigenvalue weighted by molar-refractivity contribution is -0.274. The lowest BCUT2D eigenvalue weighted by Gasteiger charge is -2.33. The Morgan fingerprint density at radius 3 is 2.57 bits per heavy atom. The second kappa shape index (κ2) is 9.50. The summed E-state index contributed by atoms with van der Waals surface area (Å²) in [6.45, 7) is 5.67. The SMILES string of the molecule is CC(C)(C#N)N1Cc2cc(Cl)ccc2-n2c(nnc2C2CCN(c3ncccc3OC(F)(F)F)CC2)C1. The van der Waals surface area contributed by atoms with E-state index in [9.17, 15) is 18.4 Å². The van der Waals surface area contributed by atoms with Gasteiger partial charge < -0.3 is 9.64 Å². The first-order valence-electron chi connectivity index (χ1n) is 11.9. The molecule has 0 amide bonds. The third-order valence-electron chi connectivity index (χ3n) is 6.93. The van der Waals surface area contributed by atoms with Crippen LogP contribution in [-0.4, -0.2) is 49.6 Å². The maximum absolute atomic E-state index is 12.9. The van der Waals surface area contributed by atoms with Crippen LogP contribution in [0.4, 0.5) is 19.0 Å². The molecule has 0 N–H and O–H groups in total. The lowest BCUT2D eigenvalue weighted by Crippen LogP contribution is -2.41. The van der Waals surface area contributed by atoms with Gasteiger partial charge in [-0.1, -0.05) is 11.6 Å². The Kier molecular flexibility index (Phi) is 6.50. The second-order valence-corrected chi connectivity index (χ2v) is 10.2. The largest absolute Gasteiger partial charge is 0.573 e. The number of aromatic nitrogens is 4. The van der Waals surface area contributed by atoms with Crippen LogP contribution in [0.5, 0.6) is 5.75 Å². The predicted molar refractivity (Wildman–Crippen MR) is 130 cm³/mol. The predicted octanol–water partition coefficient (Wildman–Crippen LogP) is 5.22. The molecule has 37 heavy (non-hydrogen) atoms. The van der Waals surface area contributed by atoms with Crippen LogP contribution in [0, 0.1) is 11.3 Å². The molecule has 12 heteroatoms. The molecule has 1 saturated heterocycles. The van der Waals surface area contributed by atoms with Crippen LogP contribution in [0.3, 0.4) is 0 Å². The average Bonchev–Trinajstić information content (AvgIpc) is 3.19. The Hall–Kier alpha value is -3.36. The number of hydrogen-bond donors (Lipinski definition) is 0. The molecule has 0 atom stereocenters. The number of piperidine rings is 1. The van der Waals surface area contributed by atoms with Crippen molar-refractivity contribution >= 4 is 17.4 Å². The van der Waals surface area contributed by atoms with Gasteiger partial charge in [-0.25, -0.2) is 4.98 Å². The molecule has 8 nitrogen and oxygen atoms in total. The second-order valence-electron chi connectivity index (χ2n) is 9.74. The van der Waals surface area contributed by atoms with Crippen molar-refractivity contribution in [2.75, 3.05) is 18.0 Å². The summed E-state index contributed by atoms with van der Waals surface area (Å²) in [5.41, 5.74) is 1.16. The van der Waals surface area contributed by atoms with E-state index >= 15 is 0 Å². The van der Waals surface area contributed by atoms with Gasteiger partial charge in [0.25, 0.3) is 0 Å². The van der Waals surface area contributed by atoms with Crippen LogP contribution >= 0.6 is 11.6 Å². The van der Waals surface area contributed by atoms with Crippen LogP contribution in [-0.2, 0) is 13.1 Å². The van der Waals surface area contributed by atoms with Gasteiger partial charge in [0.15, 0.2) is 17.4 Å². The fraction of sp³-hybridized carbons (Fsp3) is 0.440. The molecule has 0 aliphatic carbocycles. The van der Waals surface area contributed by atoms with Crippen LogP contribution in [0.1, 0.15) is 49.8 Å². The van der Waals surface area contributed by atoms with Gasteiger partial charge >= 0.3 is 6.36 Å². The molecule has 2 aliphatic heterocycles. The standard InChI is InChI=1S/C25H25ClF3N7O/c1-24(2,15-30)35-13-17-12-18(26)5-6-19(17)36-21(14-35)32-33-22(36)16-7-10-34(11-8-16)23-20(4-3-9-31-23)37-25(27,28)29/h3-6,9,12,16H,7-8,10-11,13-14H2,1-2H3. The van der Waals surface area contributed by atoms with Gasteiger partial charge in [-0.3, -0.25) is 9.47 Å². The van der Waals surface area contributed by atoms with E-state index in [0.717, 1.165) is 22.9 Å². The van der Waals surface area contributed by atoms with Crippen molar-refractivity contribution < 1.29 is 17.9 Å². The van der Waals surface area contributed by atoms with Crippen molar-refractivity contribution in [2.45, 2.75) is 57.6 Å². The van der Waals surface area contributed by atoms with Crippen LogP contribution in [0.2, 0.25) is 5.02 Å². The smallest absolute Gasteiger partial charge is 0.402 e. The molecule has 2 aromatic heterocycles. The monoisotopic (exact) mass is 531 g/mol. The van der Waals surface area contributed by atoms with Crippen molar-refractivity contribution in [3.8, 4) is 17.5 Å². The summed E-state index contributed by atoms with van der Waals surface area (Å²) in [4.78, 5) is 8.01. The van der Waals surface area contributed by atoms with Crippen LogP contribution < -0.4 is 9.64 Å². The summed E-state index contributed by atoms with van der Waals surface area (Å²) in [6.07, 6.45) is -2.04. The highest BCUT2D eigenvalue weighted by Gasteiger charge is 2.36. The summed E-state index contributed by atoms with van der Waals surface area (Å²) in [6, 6.07) is 10.7. The highest BCUT2D eigenvalue weighted by molar-refractivity contribution is 6.30. The maximum atomic E-state index is 12.9. The number of rotatable bonds is 4. The summed E-state index contributed by atoms with van der Waals surface area (Å²) < 4.78 is 44.9. The molecular formula is C25H25ClF3N7O. The first-order chi connectivity index (χ1) is 17.6. The Balaban J connectivity index is 1.43. The number of alkyl halides is 3. The number of fused-ring (bicyclic) bond motifs is 3. The van der Waals surface area contributed by atoms with E-state index in [2.05, 4.69) is 30.6 Å². The normalized spacial score (nSPS) is 17.1. The maximum Gasteiger partial charge on any atom is 0.573 e. The van der Waals surface area contributed by atoms with E-state index in [1.54, 1.807) is 0 Å². The molecule has 0 radical (unpaired) electrons. The Morgan fingerprint density at radius 2 is 1.86 bits per heavy atom. The summed E-state index contributed by atoms with van der Waals surface area (Å²) in [5, 5.41) is 19.4. The number of anilines is 1. The first kappa shape index (κ1) is 25.3. The van der Waals surface area contributed by atoms with Crippen molar-refractivity contribution in [3.63, 3.8) is 0 Å². The fourth-order valence-electron chi connectivity index (χ4n) is 4.93. The van der Waals surface area contributed by atoms with E-state index in [1.165, 1.54) is 18.3 Å². The fourth-order valence-corrected chi connectivity index (χ4v) is 5.12. The third-order valence-corrected chi connectivity index (χ3v) is 7.17. The minimum atomic E-state index is -4.79. The highest BCUT2D eigenvalue weighted by Crippen LogP contribution is 2.38. The molecule has 0 saturated carbocycles. The summed E-state index contributed by atoms with van der Waals surface area (Å²) in [5.74, 6) is 1.42. The Morgan fingerprint density at radius 1 is 1.11 bits per heavy atom. The van der Waals surface area contributed by atoms with Gasteiger partial charge in [0.1, 0.15) is 11.4 Å². The summed E-state index contributed by atoms with van der Waals surface area (Å²) in [7, 11) is 0. The molecule has 2 aliphatic rings. The zero-order valence-electron chi connectivity index (χ0n) is 20.3. The van der Waals surface area contributed by atoms with E-state index in [4.69, 9.17) is 11.6 Å². The molecule has 1 fully saturated rings. The van der Waals surface area contributed by atoms with Crippen molar-refractivity contribution in [3.05, 3.63) is 58.8 Å². The molecule has 194 valence electrons. The van der Waals surface area contributed by atoms with Crippen LogP contribution in [0.15, 0.2) is 36.5 Å². The van der Waals surface area contributed by atoms with Crippen LogP contribution in [0.25, 0.3) is 5.69 Å². The number of benzene rings is 1. The summed E-state index contributed by atoms with van der Waals surface area (Å²) >= 11 is 6.33. The van der Waals surface area contributed by atoms with Crippen molar-refractivity contribution in [1.29, 1.82) is 5.26 Å². The van der Waals surface area contributed by atoms with Gasteiger partial charge in [0.05, 0.1) is 18.3 Å². The van der Waals surface area contributed by atoms with E-state index in [1.807, 2.05) is 41.8 Å². The van der Waals surface area contributed by atoms with E-state index in [0.29, 0.717) is 44.0 Å².